The highest BCUT2D eigenvalue weighted by atomic mass is 35.5. The fraction of sp³-hybridized carbons (Fsp3) is 0.333. The summed E-state index contributed by atoms with van der Waals surface area (Å²) in [6.07, 6.45) is 1.55. The topological polar surface area (TPSA) is 73.3 Å². The van der Waals surface area contributed by atoms with Crippen LogP contribution in [-0.2, 0) is 16.0 Å². The maximum Gasteiger partial charge on any atom is 0.164 e. The fourth-order valence-electron chi connectivity index (χ4n) is 0.922. The molecule has 0 bridgehead atoms. The Kier molecular flexibility index (Phi) is 5.12. The largest absolute Gasteiger partial charge is 0.469 e. The molecule has 1 heterocycles. The van der Waals surface area contributed by atoms with Gasteiger partial charge >= 0.3 is 0 Å². The molecule has 78 valence electrons. The predicted molar refractivity (Wildman–Crippen MR) is 53.3 cm³/mol. The van der Waals surface area contributed by atoms with E-state index in [4.69, 9.17) is 10.2 Å². The molecule has 1 aromatic heterocycles. The Morgan fingerprint density at radius 1 is 1.57 bits per heavy atom. The highest BCUT2D eigenvalue weighted by molar-refractivity contribution is 6.05. The second-order valence-electron chi connectivity index (χ2n) is 2.81. The first-order valence-electron chi connectivity index (χ1n) is 3.92. The highest BCUT2D eigenvalue weighted by Crippen LogP contribution is 2.02. The maximum atomic E-state index is 11.2. The lowest BCUT2D eigenvalue weighted by Crippen LogP contribution is -2.38. The molecule has 0 spiro atoms. The van der Waals surface area contributed by atoms with Gasteiger partial charge in [0, 0.05) is 0 Å². The van der Waals surface area contributed by atoms with Crippen LogP contribution < -0.4 is 5.73 Å². The Hall–Kier alpha value is -1.13. The van der Waals surface area contributed by atoms with Gasteiger partial charge in [-0.2, -0.15) is 0 Å². The molecular formula is C9H12ClNO3. The van der Waals surface area contributed by atoms with Crippen molar-refractivity contribution in [2.45, 2.75) is 19.4 Å². The number of hydrogen-bond acceptors (Lipinski definition) is 4. The second-order valence-corrected chi connectivity index (χ2v) is 2.81. The third-order valence-corrected chi connectivity index (χ3v) is 1.71. The van der Waals surface area contributed by atoms with Crippen LogP contribution in [0.4, 0.5) is 0 Å². The minimum atomic E-state index is -1.02. The van der Waals surface area contributed by atoms with Crippen LogP contribution in [-0.4, -0.2) is 17.6 Å². The Morgan fingerprint density at radius 3 is 2.64 bits per heavy atom. The van der Waals surface area contributed by atoms with Crippen molar-refractivity contribution in [2.24, 2.45) is 5.73 Å². The van der Waals surface area contributed by atoms with Gasteiger partial charge in [-0.15, -0.1) is 12.4 Å². The van der Waals surface area contributed by atoms with E-state index in [1.165, 1.54) is 13.2 Å². The molecule has 0 amide bonds. The predicted octanol–water partition coefficient (Wildman–Crippen LogP) is 0.729. The molecule has 0 aliphatic heterocycles. The molecule has 1 rings (SSSR count). The molecule has 0 radical (unpaired) electrons. The number of Topliss-reactive ketones (excluding diaryl/α,β-unsaturated/α-hetero) is 2. The van der Waals surface area contributed by atoms with Crippen molar-refractivity contribution >= 4 is 24.0 Å². The van der Waals surface area contributed by atoms with E-state index in [2.05, 4.69) is 0 Å². The molecule has 0 aromatic carbocycles. The molecule has 1 atom stereocenters. The molecule has 1 aromatic rings. The van der Waals surface area contributed by atoms with Crippen molar-refractivity contribution in [3.63, 3.8) is 0 Å². The molecule has 4 nitrogen and oxygen atoms in total. The van der Waals surface area contributed by atoms with Crippen molar-refractivity contribution in [3.05, 3.63) is 24.2 Å². The van der Waals surface area contributed by atoms with E-state index in [1.807, 2.05) is 0 Å². The standard InChI is InChI=1S/C9H11NO3.ClH/c1-6(11)9(10)8(12)5-7-3-2-4-13-7;/h2-4,9H,5,10H2,1H3;1H. The van der Waals surface area contributed by atoms with Crippen molar-refractivity contribution < 1.29 is 14.0 Å². The first kappa shape index (κ1) is 12.9. The second kappa shape index (κ2) is 5.57. The van der Waals surface area contributed by atoms with E-state index < -0.39 is 6.04 Å². The van der Waals surface area contributed by atoms with Gasteiger partial charge in [0.05, 0.1) is 12.7 Å². The van der Waals surface area contributed by atoms with Crippen LogP contribution in [0.1, 0.15) is 12.7 Å². The van der Waals surface area contributed by atoms with Crippen molar-refractivity contribution in [1.82, 2.24) is 0 Å². The van der Waals surface area contributed by atoms with Crippen LogP contribution in [0.2, 0.25) is 0 Å². The Bertz CT molecular complexity index is 308. The number of ketones is 2. The minimum Gasteiger partial charge on any atom is -0.469 e. The third-order valence-electron chi connectivity index (χ3n) is 1.71. The van der Waals surface area contributed by atoms with Gasteiger partial charge in [-0.25, -0.2) is 0 Å². The van der Waals surface area contributed by atoms with Crippen LogP contribution in [0, 0.1) is 0 Å². The van der Waals surface area contributed by atoms with Crippen LogP contribution in [0.5, 0.6) is 0 Å². The molecule has 0 saturated heterocycles. The minimum absolute atomic E-state index is 0. The number of carbonyl (C=O) groups excluding carboxylic acids is 2. The lowest BCUT2D eigenvalue weighted by Gasteiger charge is -2.03. The molecule has 5 heteroatoms. The van der Waals surface area contributed by atoms with Crippen LogP contribution in [0.3, 0.4) is 0 Å². The van der Waals surface area contributed by atoms with E-state index in [9.17, 15) is 9.59 Å². The number of halogens is 1. The zero-order valence-electron chi connectivity index (χ0n) is 7.73. The van der Waals surface area contributed by atoms with Gasteiger partial charge in [-0.1, -0.05) is 0 Å². The van der Waals surface area contributed by atoms with Gasteiger partial charge in [0.1, 0.15) is 11.8 Å². The first-order valence-corrected chi connectivity index (χ1v) is 3.92. The average Bonchev–Trinajstić information content (AvgIpc) is 2.55. The number of nitrogens with two attached hydrogens (primary N) is 1. The molecule has 0 fully saturated rings. The van der Waals surface area contributed by atoms with E-state index in [-0.39, 0.29) is 30.4 Å². The average molecular weight is 218 g/mol. The lowest BCUT2D eigenvalue weighted by atomic mass is 10.1. The van der Waals surface area contributed by atoms with Crippen LogP contribution >= 0.6 is 12.4 Å². The number of rotatable bonds is 4. The summed E-state index contributed by atoms with van der Waals surface area (Å²) in [5.41, 5.74) is 5.34. The molecular weight excluding hydrogens is 206 g/mol. The van der Waals surface area contributed by atoms with E-state index in [0.29, 0.717) is 5.76 Å². The lowest BCUT2D eigenvalue weighted by molar-refractivity contribution is -0.127. The number of hydrogen-bond donors (Lipinski definition) is 1. The number of furan rings is 1. The molecule has 0 aliphatic carbocycles. The maximum absolute atomic E-state index is 11.2. The Labute approximate surface area is 87.9 Å². The van der Waals surface area contributed by atoms with E-state index in [0.717, 1.165) is 0 Å². The number of carbonyl (C=O) groups is 2. The summed E-state index contributed by atoms with van der Waals surface area (Å²) < 4.78 is 4.95. The summed E-state index contributed by atoms with van der Waals surface area (Å²) in [5.74, 6) is -0.110. The van der Waals surface area contributed by atoms with Crippen molar-refractivity contribution in [1.29, 1.82) is 0 Å². The third kappa shape index (κ3) is 3.32. The van der Waals surface area contributed by atoms with Crippen LogP contribution in [0.15, 0.2) is 22.8 Å². The van der Waals surface area contributed by atoms with Gasteiger partial charge in [-0.3, -0.25) is 9.59 Å². The Balaban J connectivity index is 0.00000169. The summed E-state index contributed by atoms with van der Waals surface area (Å²) in [7, 11) is 0. The van der Waals surface area contributed by atoms with E-state index in [1.54, 1.807) is 12.1 Å². The van der Waals surface area contributed by atoms with Crippen molar-refractivity contribution in [2.75, 3.05) is 0 Å². The summed E-state index contributed by atoms with van der Waals surface area (Å²) in [6.45, 7) is 1.30. The highest BCUT2D eigenvalue weighted by Gasteiger charge is 2.18. The molecule has 14 heavy (non-hydrogen) atoms. The fourth-order valence-corrected chi connectivity index (χ4v) is 0.922. The van der Waals surface area contributed by atoms with Crippen molar-refractivity contribution in [3.8, 4) is 0 Å². The summed E-state index contributed by atoms with van der Waals surface area (Å²) >= 11 is 0. The van der Waals surface area contributed by atoms with Gasteiger partial charge in [0.2, 0.25) is 0 Å². The van der Waals surface area contributed by atoms with E-state index >= 15 is 0 Å². The zero-order valence-corrected chi connectivity index (χ0v) is 8.54. The molecule has 0 saturated carbocycles. The first-order chi connectivity index (χ1) is 6.11. The molecule has 2 N–H and O–H groups in total. The molecule has 0 aliphatic rings. The summed E-state index contributed by atoms with van der Waals surface area (Å²) in [4.78, 5) is 22.0. The zero-order chi connectivity index (χ0) is 9.84. The monoisotopic (exact) mass is 217 g/mol. The normalized spacial score (nSPS) is 11.6. The van der Waals surface area contributed by atoms with Gasteiger partial charge in [0.15, 0.2) is 11.6 Å². The van der Waals surface area contributed by atoms with Gasteiger partial charge < -0.3 is 10.2 Å². The summed E-state index contributed by atoms with van der Waals surface area (Å²) in [6, 6.07) is 2.33. The van der Waals surface area contributed by atoms with Gasteiger partial charge in [-0.05, 0) is 19.1 Å². The smallest absolute Gasteiger partial charge is 0.164 e. The summed E-state index contributed by atoms with van der Waals surface area (Å²) in [5, 5.41) is 0. The quantitative estimate of drug-likeness (QED) is 0.755. The van der Waals surface area contributed by atoms with Gasteiger partial charge in [0.25, 0.3) is 0 Å². The molecule has 1 unspecified atom stereocenters. The van der Waals surface area contributed by atoms with Crippen LogP contribution in [0.25, 0.3) is 0 Å². The SMILES string of the molecule is CC(=O)C(N)C(=O)Cc1ccco1.Cl. The Morgan fingerprint density at radius 2 is 2.21 bits per heavy atom.